The Morgan fingerprint density at radius 2 is 1.75 bits per heavy atom. The zero-order valence-corrected chi connectivity index (χ0v) is 19.7. The van der Waals surface area contributed by atoms with Gasteiger partial charge >= 0.3 is 12.1 Å². The number of aryl methyl sites for hydroxylation is 1. The number of benzene rings is 2. The van der Waals surface area contributed by atoms with E-state index in [0.717, 1.165) is 36.1 Å². The highest BCUT2D eigenvalue weighted by atomic mass is 19.4. The van der Waals surface area contributed by atoms with Crippen LogP contribution in [0.15, 0.2) is 48.5 Å². The van der Waals surface area contributed by atoms with Crippen molar-refractivity contribution in [3.8, 4) is 11.4 Å². The number of alkyl halides is 3. The molecule has 1 saturated carbocycles. The van der Waals surface area contributed by atoms with Crippen molar-refractivity contribution in [2.75, 3.05) is 5.32 Å². The molecule has 0 unspecified atom stereocenters. The maximum absolute atomic E-state index is 13.1. The summed E-state index contributed by atoms with van der Waals surface area (Å²) in [5, 5.41) is 12.9. The van der Waals surface area contributed by atoms with Crippen LogP contribution in [0, 0.1) is 12.8 Å². The van der Waals surface area contributed by atoms with Gasteiger partial charge in [0.25, 0.3) is 0 Å². The molecule has 10 heteroatoms. The Labute approximate surface area is 205 Å². The maximum Gasteiger partial charge on any atom is 0.416 e. The van der Waals surface area contributed by atoms with Crippen molar-refractivity contribution in [2.24, 2.45) is 5.92 Å². The number of hydrogen-bond donors (Lipinski definition) is 2. The van der Waals surface area contributed by atoms with Gasteiger partial charge in [-0.15, -0.1) is 0 Å². The second-order valence-electron chi connectivity index (χ2n) is 9.23. The van der Waals surface area contributed by atoms with Gasteiger partial charge in [-0.3, -0.25) is 0 Å². The number of anilines is 1. The van der Waals surface area contributed by atoms with E-state index in [1.807, 2.05) is 42.7 Å². The van der Waals surface area contributed by atoms with E-state index in [0.29, 0.717) is 28.6 Å². The van der Waals surface area contributed by atoms with Crippen molar-refractivity contribution in [1.82, 2.24) is 19.5 Å². The van der Waals surface area contributed by atoms with Crippen molar-refractivity contribution >= 4 is 23.0 Å². The monoisotopic (exact) mass is 495 g/mol. The molecule has 2 aromatic carbocycles. The van der Waals surface area contributed by atoms with Gasteiger partial charge in [0.2, 0.25) is 5.82 Å². The van der Waals surface area contributed by atoms with Crippen LogP contribution in [-0.2, 0) is 12.7 Å². The van der Waals surface area contributed by atoms with Crippen molar-refractivity contribution < 1.29 is 23.1 Å². The summed E-state index contributed by atoms with van der Waals surface area (Å²) in [5.74, 6) is -0.319. The summed E-state index contributed by atoms with van der Waals surface area (Å²) in [6, 6.07) is 12.7. The normalized spacial score (nSPS) is 14.7. The molecular weight excluding hydrogens is 471 g/mol. The summed E-state index contributed by atoms with van der Waals surface area (Å²) in [5.41, 5.74) is 2.43. The zero-order chi connectivity index (χ0) is 25.6. The molecule has 7 nitrogen and oxygen atoms in total. The zero-order valence-electron chi connectivity index (χ0n) is 19.7. The topological polar surface area (TPSA) is 92.9 Å². The number of aromatic nitrogens is 4. The van der Waals surface area contributed by atoms with Crippen LogP contribution in [0.3, 0.4) is 0 Å². The average Bonchev–Trinajstić information content (AvgIpc) is 3.62. The number of carboxylic acids is 1. The summed E-state index contributed by atoms with van der Waals surface area (Å²) < 4.78 is 41.1. The summed E-state index contributed by atoms with van der Waals surface area (Å²) in [6.07, 6.45) is -2.27. The first-order valence-corrected chi connectivity index (χ1v) is 11.6. The molecule has 0 amide bonds. The molecule has 1 aliphatic rings. The van der Waals surface area contributed by atoms with E-state index in [4.69, 9.17) is 0 Å². The average molecular weight is 496 g/mol. The van der Waals surface area contributed by atoms with Gasteiger partial charge in [0.15, 0.2) is 11.5 Å². The van der Waals surface area contributed by atoms with E-state index in [1.165, 1.54) is 12.1 Å². The molecule has 5 rings (SSSR count). The summed E-state index contributed by atoms with van der Waals surface area (Å²) in [6.45, 7) is 4.17. The number of fused-ring (bicyclic) bond motifs is 1. The van der Waals surface area contributed by atoms with Crippen LogP contribution in [0.5, 0.6) is 0 Å². The minimum atomic E-state index is -4.43. The van der Waals surface area contributed by atoms with Crippen molar-refractivity contribution in [3.63, 3.8) is 0 Å². The quantitative estimate of drug-likeness (QED) is 0.338. The Kier molecular flexibility index (Phi) is 5.89. The lowest BCUT2D eigenvalue weighted by Gasteiger charge is -2.17. The summed E-state index contributed by atoms with van der Waals surface area (Å²) in [4.78, 5) is 24.9. The van der Waals surface area contributed by atoms with E-state index in [-0.39, 0.29) is 24.1 Å². The van der Waals surface area contributed by atoms with Crippen LogP contribution in [0.4, 0.5) is 19.0 Å². The highest BCUT2D eigenvalue weighted by Gasteiger charge is 2.31. The van der Waals surface area contributed by atoms with Crippen molar-refractivity contribution in [2.45, 2.75) is 45.5 Å². The van der Waals surface area contributed by atoms with Crippen molar-refractivity contribution in [3.05, 3.63) is 71.0 Å². The highest BCUT2D eigenvalue weighted by Crippen LogP contribution is 2.36. The van der Waals surface area contributed by atoms with E-state index < -0.39 is 17.7 Å². The molecule has 0 aliphatic heterocycles. The van der Waals surface area contributed by atoms with Gasteiger partial charge in [-0.1, -0.05) is 42.0 Å². The summed E-state index contributed by atoms with van der Waals surface area (Å²) >= 11 is 0. The number of aromatic carboxylic acids is 1. The minimum Gasteiger partial charge on any atom is -0.475 e. The van der Waals surface area contributed by atoms with Crippen LogP contribution in [0.25, 0.3) is 22.6 Å². The standard InChI is InChI=1S/C26H24F3N5O2/c1-14-3-7-18(8-4-14)24-33-22-20(34(24)13-16-5-11-19(12-6-16)26(27,28)29)21(30-15(2)17-9-10-17)31-23(32-22)25(35)36/h3-8,11-12,15,17H,9-10,13H2,1-2H3,(H,35,36)(H,30,31,32)/t15-/m1/s1. The Bertz CT molecular complexity index is 1430. The van der Waals surface area contributed by atoms with Gasteiger partial charge in [0.1, 0.15) is 11.3 Å². The molecule has 0 saturated heterocycles. The predicted octanol–water partition coefficient (Wildman–Crippen LogP) is 5.78. The second kappa shape index (κ2) is 8.92. The van der Waals surface area contributed by atoms with Gasteiger partial charge in [-0.05, 0) is 50.3 Å². The van der Waals surface area contributed by atoms with Crippen LogP contribution in [0.2, 0.25) is 0 Å². The first-order valence-electron chi connectivity index (χ1n) is 11.6. The number of carboxylic acid groups (broad SMARTS) is 1. The van der Waals surface area contributed by atoms with Gasteiger partial charge < -0.3 is 15.0 Å². The maximum atomic E-state index is 13.1. The molecule has 1 fully saturated rings. The SMILES string of the molecule is Cc1ccc(-c2nc3nc(C(=O)O)nc(N[C@H](C)C4CC4)c3n2Cc2ccc(C(F)(F)F)cc2)cc1. The third-order valence-electron chi connectivity index (χ3n) is 6.42. The molecule has 2 heterocycles. The Balaban J connectivity index is 1.68. The van der Waals surface area contributed by atoms with Crippen LogP contribution in [-0.4, -0.2) is 36.6 Å². The molecular formula is C26H24F3N5O2. The van der Waals surface area contributed by atoms with E-state index in [1.54, 1.807) is 0 Å². The van der Waals surface area contributed by atoms with Crippen LogP contribution < -0.4 is 5.32 Å². The molecule has 36 heavy (non-hydrogen) atoms. The van der Waals surface area contributed by atoms with E-state index >= 15 is 0 Å². The molecule has 0 bridgehead atoms. The second-order valence-corrected chi connectivity index (χ2v) is 9.23. The lowest BCUT2D eigenvalue weighted by molar-refractivity contribution is -0.137. The smallest absolute Gasteiger partial charge is 0.416 e. The predicted molar refractivity (Wildman–Crippen MR) is 129 cm³/mol. The number of rotatable bonds is 7. The van der Waals surface area contributed by atoms with E-state index in [2.05, 4.69) is 20.3 Å². The largest absolute Gasteiger partial charge is 0.475 e. The first-order chi connectivity index (χ1) is 17.1. The fraction of sp³-hybridized carbons (Fsp3) is 0.308. The minimum absolute atomic E-state index is 0.0574. The highest BCUT2D eigenvalue weighted by molar-refractivity contribution is 5.92. The number of nitrogens with zero attached hydrogens (tertiary/aromatic N) is 4. The van der Waals surface area contributed by atoms with Crippen molar-refractivity contribution in [1.29, 1.82) is 0 Å². The molecule has 1 atom stereocenters. The van der Waals surface area contributed by atoms with Gasteiger partial charge in [-0.25, -0.2) is 19.7 Å². The summed E-state index contributed by atoms with van der Waals surface area (Å²) in [7, 11) is 0. The number of imidazole rings is 1. The Hall–Kier alpha value is -3.95. The molecule has 0 radical (unpaired) electrons. The van der Waals surface area contributed by atoms with Gasteiger partial charge in [0, 0.05) is 18.2 Å². The van der Waals surface area contributed by atoms with Crippen LogP contribution >= 0.6 is 0 Å². The van der Waals surface area contributed by atoms with E-state index in [9.17, 15) is 23.1 Å². The Morgan fingerprint density at radius 3 is 2.33 bits per heavy atom. The van der Waals surface area contributed by atoms with Crippen LogP contribution in [0.1, 0.15) is 47.1 Å². The molecule has 2 N–H and O–H groups in total. The van der Waals surface area contributed by atoms with Gasteiger partial charge in [0.05, 0.1) is 5.56 Å². The third-order valence-corrected chi connectivity index (χ3v) is 6.42. The number of halogens is 3. The van der Waals surface area contributed by atoms with Gasteiger partial charge in [-0.2, -0.15) is 13.2 Å². The Morgan fingerprint density at radius 1 is 1.08 bits per heavy atom. The molecule has 4 aromatic rings. The number of carbonyl (C=O) groups is 1. The fourth-order valence-corrected chi connectivity index (χ4v) is 4.22. The number of hydrogen-bond acceptors (Lipinski definition) is 5. The third kappa shape index (κ3) is 4.75. The molecule has 1 aliphatic carbocycles. The molecule has 2 aromatic heterocycles. The lowest BCUT2D eigenvalue weighted by Crippen LogP contribution is -2.20. The fourth-order valence-electron chi connectivity index (χ4n) is 4.22. The molecule has 186 valence electrons. The number of nitrogens with one attached hydrogen (secondary N) is 1. The molecule has 0 spiro atoms. The first kappa shape index (κ1) is 23.8. The lowest BCUT2D eigenvalue weighted by atomic mass is 10.1.